The van der Waals surface area contributed by atoms with Gasteiger partial charge in [0.2, 0.25) is 0 Å². The Morgan fingerprint density at radius 2 is 2.00 bits per heavy atom. The van der Waals surface area contributed by atoms with E-state index in [4.69, 9.17) is 10.4 Å². The molecule has 0 aliphatic rings. The average molecular weight is 267 g/mol. The molecule has 1 aromatic carbocycles. The van der Waals surface area contributed by atoms with E-state index in [0.29, 0.717) is 17.9 Å². The molecule has 0 atom stereocenters. The van der Waals surface area contributed by atoms with E-state index in [1.807, 2.05) is 44.2 Å². The Bertz CT molecular complexity index is 659. The fourth-order valence-corrected chi connectivity index (χ4v) is 1.95. The minimum absolute atomic E-state index is 0.0270. The molecule has 0 aliphatic carbocycles. The number of aliphatic hydroxyl groups excluding tert-OH is 1. The number of nitrogens with one attached hydrogen (secondary N) is 1. The molecular formula is C16H17N3O. The fraction of sp³-hybridized carbons (Fsp3) is 0.250. The molecule has 0 aliphatic heterocycles. The molecule has 4 heteroatoms. The molecule has 0 radical (unpaired) electrons. The van der Waals surface area contributed by atoms with Crippen molar-refractivity contribution in [2.45, 2.75) is 27.0 Å². The van der Waals surface area contributed by atoms with Gasteiger partial charge in [0.05, 0.1) is 12.2 Å². The number of nitrogens with zero attached hydrogens (tertiary/aromatic N) is 2. The lowest BCUT2D eigenvalue weighted by Crippen LogP contribution is -2.05. The van der Waals surface area contributed by atoms with Gasteiger partial charge in [-0.25, -0.2) is 4.98 Å². The van der Waals surface area contributed by atoms with E-state index in [0.717, 1.165) is 22.4 Å². The van der Waals surface area contributed by atoms with E-state index >= 15 is 0 Å². The zero-order valence-corrected chi connectivity index (χ0v) is 11.6. The van der Waals surface area contributed by atoms with E-state index in [9.17, 15) is 0 Å². The zero-order valence-electron chi connectivity index (χ0n) is 11.6. The van der Waals surface area contributed by atoms with Crippen LogP contribution in [0.25, 0.3) is 0 Å². The predicted octanol–water partition coefficient (Wildman–Crippen LogP) is 2.67. The maximum absolute atomic E-state index is 9.15. The van der Waals surface area contributed by atoms with Crippen LogP contribution >= 0.6 is 0 Å². The highest BCUT2D eigenvalue weighted by molar-refractivity contribution is 5.54. The Hall–Kier alpha value is -2.38. The molecule has 0 unspecified atom stereocenters. The van der Waals surface area contributed by atoms with Crippen molar-refractivity contribution in [1.82, 2.24) is 4.98 Å². The van der Waals surface area contributed by atoms with Crippen molar-refractivity contribution in [1.29, 1.82) is 5.26 Å². The standard InChI is InChI=1S/C16H17N3O/c1-11-6-15(8-17)16(19-12(11)2)18-9-13-4-3-5-14(7-13)10-20/h3-7,20H,9-10H2,1-2H3,(H,18,19). The van der Waals surface area contributed by atoms with Crippen LogP contribution in [0.1, 0.15) is 27.9 Å². The highest BCUT2D eigenvalue weighted by Gasteiger charge is 2.06. The van der Waals surface area contributed by atoms with E-state index in [-0.39, 0.29) is 6.61 Å². The summed E-state index contributed by atoms with van der Waals surface area (Å²) < 4.78 is 0. The summed E-state index contributed by atoms with van der Waals surface area (Å²) in [7, 11) is 0. The number of hydrogen-bond donors (Lipinski definition) is 2. The maximum Gasteiger partial charge on any atom is 0.144 e. The van der Waals surface area contributed by atoms with Gasteiger partial charge in [-0.3, -0.25) is 0 Å². The molecule has 1 heterocycles. The second kappa shape index (κ2) is 6.18. The Kier molecular flexibility index (Phi) is 4.34. The third kappa shape index (κ3) is 3.14. The molecule has 102 valence electrons. The van der Waals surface area contributed by atoms with Crippen molar-refractivity contribution in [2.75, 3.05) is 5.32 Å². The Balaban J connectivity index is 2.18. The molecule has 0 spiro atoms. The van der Waals surface area contributed by atoms with Gasteiger partial charge >= 0.3 is 0 Å². The normalized spacial score (nSPS) is 10.1. The van der Waals surface area contributed by atoms with Crippen LogP contribution in [0.5, 0.6) is 0 Å². The molecule has 0 fully saturated rings. The minimum Gasteiger partial charge on any atom is -0.392 e. The first-order valence-corrected chi connectivity index (χ1v) is 6.45. The molecule has 2 rings (SSSR count). The highest BCUT2D eigenvalue weighted by Crippen LogP contribution is 2.17. The fourth-order valence-electron chi connectivity index (χ4n) is 1.95. The van der Waals surface area contributed by atoms with E-state index in [2.05, 4.69) is 16.4 Å². The maximum atomic E-state index is 9.15. The van der Waals surface area contributed by atoms with Crippen molar-refractivity contribution >= 4 is 5.82 Å². The number of aromatic nitrogens is 1. The van der Waals surface area contributed by atoms with Gasteiger partial charge in [0.25, 0.3) is 0 Å². The summed E-state index contributed by atoms with van der Waals surface area (Å²) in [5.74, 6) is 0.602. The summed E-state index contributed by atoms with van der Waals surface area (Å²) in [5.41, 5.74) is 4.38. The van der Waals surface area contributed by atoms with Gasteiger partial charge in [-0.05, 0) is 36.6 Å². The van der Waals surface area contributed by atoms with Crippen LogP contribution in [-0.4, -0.2) is 10.1 Å². The second-order valence-electron chi connectivity index (χ2n) is 4.73. The summed E-state index contributed by atoms with van der Waals surface area (Å²) in [6.45, 7) is 4.46. The Morgan fingerprint density at radius 1 is 1.25 bits per heavy atom. The number of pyridine rings is 1. The van der Waals surface area contributed by atoms with Gasteiger partial charge in [-0.2, -0.15) is 5.26 Å². The molecule has 0 saturated heterocycles. The van der Waals surface area contributed by atoms with Crippen molar-refractivity contribution in [3.63, 3.8) is 0 Å². The van der Waals surface area contributed by atoms with Crippen LogP contribution in [0.2, 0.25) is 0 Å². The first-order valence-electron chi connectivity index (χ1n) is 6.45. The quantitative estimate of drug-likeness (QED) is 0.893. The van der Waals surface area contributed by atoms with E-state index in [1.165, 1.54) is 0 Å². The third-order valence-electron chi connectivity index (χ3n) is 3.22. The van der Waals surface area contributed by atoms with Gasteiger partial charge in [-0.1, -0.05) is 24.3 Å². The summed E-state index contributed by atoms with van der Waals surface area (Å²) >= 11 is 0. The summed E-state index contributed by atoms with van der Waals surface area (Å²) in [6, 6.07) is 11.7. The van der Waals surface area contributed by atoms with Crippen LogP contribution in [0.3, 0.4) is 0 Å². The lowest BCUT2D eigenvalue weighted by molar-refractivity contribution is 0.281. The first kappa shape index (κ1) is 14.0. The number of nitriles is 1. The topological polar surface area (TPSA) is 68.9 Å². The van der Waals surface area contributed by atoms with Crippen molar-refractivity contribution in [3.8, 4) is 6.07 Å². The van der Waals surface area contributed by atoms with Gasteiger partial charge in [0.15, 0.2) is 0 Å². The largest absolute Gasteiger partial charge is 0.392 e. The Morgan fingerprint density at radius 3 is 2.70 bits per heavy atom. The predicted molar refractivity (Wildman–Crippen MR) is 78.1 cm³/mol. The van der Waals surface area contributed by atoms with Crippen LogP contribution in [0.15, 0.2) is 30.3 Å². The van der Waals surface area contributed by atoms with Gasteiger partial charge in [-0.15, -0.1) is 0 Å². The number of benzene rings is 1. The first-order chi connectivity index (χ1) is 9.63. The zero-order chi connectivity index (χ0) is 14.5. The molecule has 2 aromatic rings. The van der Waals surface area contributed by atoms with E-state index < -0.39 is 0 Å². The van der Waals surface area contributed by atoms with Crippen LogP contribution in [0, 0.1) is 25.2 Å². The van der Waals surface area contributed by atoms with Crippen molar-refractivity contribution in [3.05, 3.63) is 58.3 Å². The van der Waals surface area contributed by atoms with E-state index in [1.54, 1.807) is 0 Å². The highest BCUT2D eigenvalue weighted by atomic mass is 16.3. The molecule has 0 saturated carbocycles. The number of anilines is 1. The molecule has 20 heavy (non-hydrogen) atoms. The molecule has 1 aromatic heterocycles. The summed E-state index contributed by atoms with van der Waals surface area (Å²) in [4.78, 5) is 4.42. The number of aliphatic hydroxyl groups is 1. The lowest BCUT2D eigenvalue weighted by Gasteiger charge is -2.10. The van der Waals surface area contributed by atoms with Gasteiger partial charge in [0, 0.05) is 12.2 Å². The monoisotopic (exact) mass is 267 g/mol. The van der Waals surface area contributed by atoms with Crippen LogP contribution in [-0.2, 0) is 13.2 Å². The molecule has 0 amide bonds. The molecule has 2 N–H and O–H groups in total. The smallest absolute Gasteiger partial charge is 0.144 e. The molecule has 4 nitrogen and oxygen atoms in total. The van der Waals surface area contributed by atoms with Gasteiger partial charge in [0.1, 0.15) is 11.9 Å². The minimum atomic E-state index is 0.0270. The van der Waals surface area contributed by atoms with Crippen molar-refractivity contribution < 1.29 is 5.11 Å². The van der Waals surface area contributed by atoms with Crippen LogP contribution < -0.4 is 5.32 Å². The molecular weight excluding hydrogens is 250 g/mol. The van der Waals surface area contributed by atoms with Crippen molar-refractivity contribution in [2.24, 2.45) is 0 Å². The summed E-state index contributed by atoms with van der Waals surface area (Å²) in [5, 5.41) is 21.5. The number of hydrogen-bond acceptors (Lipinski definition) is 4. The SMILES string of the molecule is Cc1cc(C#N)c(NCc2cccc(CO)c2)nc1C. The van der Waals surface area contributed by atoms with Crippen LogP contribution in [0.4, 0.5) is 5.82 Å². The molecule has 0 bridgehead atoms. The number of aryl methyl sites for hydroxylation is 2. The number of rotatable bonds is 4. The lowest BCUT2D eigenvalue weighted by atomic mass is 10.1. The second-order valence-corrected chi connectivity index (χ2v) is 4.73. The average Bonchev–Trinajstić information content (AvgIpc) is 2.48. The summed E-state index contributed by atoms with van der Waals surface area (Å²) in [6.07, 6.45) is 0. The van der Waals surface area contributed by atoms with Gasteiger partial charge < -0.3 is 10.4 Å². The Labute approximate surface area is 118 Å². The third-order valence-corrected chi connectivity index (χ3v) is 3.22.